The monoisotopic (exact) mass is 541 g/mol. The maximum absolute atomic E-state index is 15.4. The summed E-state index contributed by atoms with van der Waals surface area (Å²) >= 11 is 7.53. The molecular formula is C27H22ClF2N3O3S. The summed E-state index contributed by atoms with van der Waals surface area (Å²) in [4.78, 5) is 27.6. The van der Waals surface area contributed by atoms with Crippen molar-refractivity contribution in [2.45, 2.75) is 23.7 Å². The van der Waals surface area contributed by atoms with Gasteiger partial charge >= 0.3 is 5.69 Å². The van der Waals surface area contributed by atoms with Crippen LogP contribution < -0.4 is 21.7 Å². The van der Waals surface area contributed by atoms with Gasteiger partial charge in [0.25, 0.3) is 5.56 Å². The minimum atomic E-state index is -0.812. The third-order valence-corrected chi connectivity index (χ3v) is 7.90. The second-order valence-electron chi connectivity index (χ2n) is 8.55. The number of fused-ring (bicyclic) bond motifs is 1. The zero-order valence-electron chi connectivity index (χ0n) is 19.7. The molecule has 4 aromatic rings. The van der Waals surface area contributed by atoms with E-state index in [9.17, 15) is 14.0 Å². The Kier molecular flexibility index (Phi) is 6.94. The Hall–Kier alpha value is -3.40. The number of halogens is 3. The number of hydrogen-bond acceptors (Lipinski definition) is 5. The minimum Gasteiger partial charge on any atom is -0.494 e. The van der Waals surface area contributed by atoms with Gasteiger partial charge in [0.05, 0.1) is 30.3 Å². The Morgan fingerprint density at radius 1 is 1.08 bits per heavy atom. The first-order chi connectivity index (χ1) is 17.8. The Bertz CT molecular complexity index is 1590. The molecule has 10 heteroatoms. The van der Waals surface area contributed by atoms with E-state index in [4.69, 9.17) is 22.1 Å². The average Bonchev–Trinajstić information content (AvgIpc) is 3.32. The van der Waals surface area contributed by atoms with Crippen molar-refractivity contribution >= 4 is 23.4 Å². The Morgan fingerprint density at radius 3 is 2.51 bits per heavy atom. The topological polar surface area (TPSA) is 79.2 Å². The van der Waals surface area contributed by atoms with Gasteiger partial charge < -0.3 is 10.5 Å². The number of nitrogens with two attached hydrogens (primary N) is 1. The third kappa shape index (κ3) is 4.37. The van der Waals surface area contributed by atoms with Crippen LogP contribution in [0.4, 0.5) is 8.78 Å². The molecule has 0 saturated heterocycles. The van der Waals surface area contributed by atoms with E-state index in [1.54, 1.807) is 30.3 Å². The van der Waals surface area contributed by atoms with Crippen LogP contribution in [0.5, 0.6) is 5.75 Å². The Morgan fingerprint density at radius 2 is 1.81 bits per heavy atom. The zero-order valence-corrected chi connectivity index (χ0v) is 21.2. The molecule has 1 aromatic heterocycles. The zero-order chi connectivity index (χ0) is 26.3. The van der Waals surface area contributed by atoms with Crippen LogP contribution in [0.15, 0.2) is 81.3 Å². The van der Waals surface area contributed by atoms with E-state index < -0.39 is 35.0 Å². The van der Waals surface area contributed by atoms with Crippen LogP contribution in [0.1, 0.15) is 23.2 Å². The summed E-state index contributed by atoms with van der Waals surface area (Å²) in [6.07, 6.45) is 0. The van der Waals surface area contributed by atoms with Crippen molar-refractivity contribution in [1.29, 1.82) is 0 Å². The normalized spacial score (nSPS) is 15.4. The number of benzene rings is 3. The molecule has 2 heterocycles. The fourth-order valence-electron chi connectivity index (χ4n) is 4.60. The molecule has 1 aliphatic rings. The molecule has 0 radical (unpaired) electrons. The predicted octanol–water partition coefficient (Wildman–Crippen LogP) is 5.01. The van der Waals surface area contributed by atoms with E-state index >= 15 is 4.39 Å². The highest BCUT2D eigenvalue weighted by Crippen LogP contribution is 2.43. The number of rotatable bonds is 6. The van der Waals surface area contributed by atoms with Crippen molar-refractivity contribution in [3.63, 3.8) is 0 Å². The van der Waals surface area contributed by atoms with E-state index in [1.807, 2.05) is 6.07 Å². The molecule has 5 rings (SSSR count). The first-order valence-electron chi connectivity index (χ1n) is 11.4. The maximum Gasteiger partial charge on any atom is 0.332 e. The molecular weight excluding hydrogens is 520 g/mol. The van der Waals surface area contributed by atoms with Gasteiger partial charge in [0.1, 0.15) is 5.82 Å². The van der Waals surface area contributed by atoms with Crippen LogP contribution in [0.25, 0.3) is 11.1 Å². The third-order valence-electron chi connectivity index (χ3n) is 6.41. The van der Waals surface area contributed by atoms with Gasteiger partial charge in [0.2, 0.25) is 0 Å². The van der Waals surface area contributed by atoms with Crippen molar-refractivity contribution < 1.29 is 13.5 Å². The van der Waals surface area contributed by atoms with Crippen molar-refractivity contribution in [3.8, 4) is 16.9 Å². The van der Waals surface area contributed by atoms with E-state index in [0.29, 0.717) is 0 Å². The van der Waals surface area contributed by atoms with Crippen LogP contribution in [-0.2, 0) is 6.54 Å². The fraction of sp³-hybridized carbons (Fsp3) is 0.185. The van der Waals surface area contributed by atoms with Crippen LogP contribution >= 0.6 is 23.4 Å². The van der Waals surface area contributed by atoms with Gasteiger partial charge in [0.15, 0.2) is 11.6 Å². The van der Waals surface area contributed by atoms with E-state index in [0.717, 1.165) is 10.1 Å². The highest BCUT2D eigenvalue weighted by atomic mass is 35.5. The number of ether oxygens (including phenoxy) is 1. The highest BCUT2D eigenvalue weighted by Gasteiger charge is 2.35. The fourth-order valence-corrected chi connectivity index (χ4v) is 6.20. The smallest absolute Gasteiger partial charge is 0.332 e. The van der Waals surface area contributed by atoms with Gasteiger partial charge in [-0.15, -0.1) is 11.8 Å². The molecule has 0 fully saturated rings. The number of aromatic nitrogens is 2. The molecule has 3 aromatic carbocycles. The van der Waals surface area contributed by atoms with E-state index in [2.05, 4.69) is 0 Å². The van der Waals surface area contributed by atoms with E-state index in [-0.39, 0.29) is 44.8 Å². The number of nitrogens with zero attached hydrogens (tertiary/aromatic N) is 2. The van der Waals surface area contributed by atoms with Crippen LogP contribution in [0.3, 0.4) is 0 Å². The summed E-state index contributed by atoms with van der Waals surface area (Å²) in [5.41, 5.74) is 5.82. The molecule has 0 saturated carbocycles. The first kappa shape index (κ1) is 25.3. The quantitative estimate of drug-likeness (QED) is 0.347. The van der Waals surface area contributed by atoms with Crippen molar-refractivity contribution in [1.82, 2.24) is 9.13 Å². The Balaban J connectivity index is 1.78. The Labute approximate surface area is 220 Å². The SMILES string of the molecule is COc1cccc(-c2c3n(c(=O)n(CC(N)c4ccccc4)c2=O)C(c2c(F)cccc2Cl)CS3)c1F. The van der Waals surface area contributed by atoms with Gasteiger partial charge in [-0.2, -0.15) is 0 Å². The molecule has 6 nitrogen and oxygen atoms in total. The summed E-state index contributed by atoms with van der Waals surface area (Å²) < 4.78 is 37.8. The van der Waals surface area contributed by atoms with Crippen LogP contribution in [0, 0.1) is 11.6 Å². The molecule has 0 spiro atoms. The predicted molar refractivity (Wildman–Crippen MR) is 141 cm³/mol. The molecule has 2 unspecified atom stereocenters. The van der Waals surface area contributed by atoms with Gasteiger partial charge in [-0.1, -0.05) is 60.1 Å². The lowest BCUT2D eigenvalue weighted by Gasteiger charge is -2.21. The van der Waals surface area contributed by atoms with Gasteiger partial charge in [-0.05, 0) is 23.8 Å². The molecule has 0 amide bonds. The lowest BCUT2D eigenvalue weighted by molar-refractivity contribution is 0.387. The number of methoxy groups -OCH3 is 1. The minimum absolute atomic E-state index is 0.0174. The lowest BCUT2D eigenvalue weighted by atomic mass is 10.0. The standard InChI is InChI=1S/C27H22ClF2N3O3S/c1-36-21-12-5-9-16(24(21)30)22-25(34)32(13-19(31)15-7-3-2-4-8-15)27(35)33-20(14-37-26(22)33)23-17(28)10-6-11-18(23)29/h2-12,19-20H,13-14,31H2,1H3. The summed E-state index contributed by atoms with van der Waals surface area (Å²) in [6.45, 7) is -0.164. The van der Waals surface area contributed by atoms with Crippen LogP contribution in [0.2, 0.25) is 5.02 Å². The molecule has 0 bridgehead atoms. The molecule has 2 atom stereocenters. The van der Waals surface area contributed by atoms with Gasteiger partial charge in [0, 0.05) is 27.9 Å². The first-order valence-corrected chi connectivity index (χ1v) is 12.8. The molecule has 2 N–H and O–H groups in total. The summed E-state index contributed by atoms with van der Waals surface area (Å²) in [5.74, 6) is -1.14. The van der Waals surface area contributed by atoms with Crippen molar-refractivity contribution in [2.75, 3.05) is 12.9 Å². The largest absolute Gasteiger partial charge is 0.494 e. The second-order valence-corrected chi connectivity index (χ2v) is 9.97. The molecule has 0 aliphatic carbocycles. The van der Waals surface area contributed by atoms with Gasteiger partial charge in [-0.25, -0.2) is 13.6 Å². The van der Waals surface area contributed by atoms with Crippen molar-refractivity contribution in [3.05, 3.63) is 115 Å². The van der Waals surface area contributed by atoms with E-state index in [1.165, 1.54) is 53.8 Å². The number of thioether (sulfide) groups is 1. The lowest BCUT2D eigenvalue weighted by Crippen LogP contribution is -2.44. The second kappa shape index (κ2) is 10.2. The van der Waals surface area contributed by atoms with Crippen molar-refractivity contribution in [2.24, 2.45) is 5.73 Å². The summed E-state index contributed by atoms with van der Waals surface area (Å²) in [7, 11) is 1.32. The van der Waals surface area contributed by atoms with Crippen LogP contribution in [-0.4, -0.2) is 22.0 Å². The molecule has 37 heavy (non-hydrogen) atoms. The summed E-state index contributed by atoms with van der Waals surface area (Å²) in [5, 5.41) is 0.384. The molecule has 1 aliphatic heterocycles. The highest BCUT2D eigenvalue weighted by molar-refractivity contribution is 7.99. The number of hydrogen-bond donors (Lipinski definition) is 1. The maximum atomic E-state index is 15.4. The average molecular weight is 542 g/mol. The molecule has 190 valence electrons. The van der Waals surface area contributed by atoms with Gasteiger partial charge in [-0.3, -0.25) is 13.9 Å². The summed E-state index contributed by atoms with van der Waals surface area (Å²) in [6, 6.07) is 16.2.